The highest BCUT2D eigenvalue weighted by molar-refractivity contribution is 6.33. The van der Waals surface area contributed by atoms with E-state index >= 15 is 0 Å². The van der Waals surface area contributed by atoms with Crippen LogP contribution in [0.5, 0.6) is 0 Å². The summed E-state index contributed by atoms with van der Waals surface area (Å²) in [4.78, 5) is 41.8. The maximum atomic E-state index is 13.7. The lowest BCUT2D eigenvalue weighted by Crippen LogP contribution is -2.49. The SMILES string of the molecule is CN1C(=O)[C@@]2(C(C#N)=C(N)OC3=C2C(=O)c2ccccc2C3=O)c2cc(Cl)ccc21. The largest absolute Gasteiger partial charge is 0.436 e. The molecule has 2 heterocycles. The average molecular weight is 418 g/mol. The number of Topliss-reactive ketones (excluding diaryl/α,β-unsaturated/α-hetero) is 2. The van der Waals surface area contributed by atoms with Crippen molar-refractivity contribution >= 4 is 34.8 Å². The predicted octanol–water partition coefficient (Wildman–Crippen LogP) is 2.61. The third kappa shape index (κ3) is 1.91. The molecule has 1 aliphatic carbocycles. The van der Waals surface area contributed by atoms with E-state index in [4.69, 9.17) is 22.1 Å². The molecular formula is C22H12ClN3O4. The molecule has 0 bridgehead atoms. The van der Waals surface area contributed by atoms with E-state index in [1.807, 2.05) is 6.07 Å². The summed E-state index contributed by atoms with van der Waals surface area (Å²) in [5.74, 6) is -2.48. The highest BCUT2D eigenvalue weighted by atomic mass is 35.5. The van der Waals surface area contributed by atoms with Crippen LogP contribution in [0.3, 0.4) is 0 Å². The Labute approximate surface area is 175 Å². The van der Waals surface area contributed by atoms with E-state index in [1.54, 1.807) is 24.3 Å². The Balaban J connectivity index is 1.95. The number of rotatable bonds is 0. The van der Waals surface area contributed by atoms with Crippen molar-refractivity contribution in [1.82, 2.24) is 0 Å². The fourth-order valence-electron chi connectivity index (χ4n) is 4.46. The first-order valence-electron chi connectivity index (χ1n) is 8.93. The van der Waals surface area contributed by atoms with Crippen molar-refractivity contribution in [3.63, 3.8) is 0 Å². The number of anilines is 1. The number of hydrogen-bond donors (Lipinski definition) is 1. The van der Waals surface area contributed by atoms with E-state index in [2.05, 4.69) is 0 Å². The number of ketones is 2. The molecule has 0 saturated heterocycles. The number of halogens is 1. The topological polar surface area (TPSA) is 113 Å². The zero-order valence-corrected chi connectivity index (χ0v) is 16.3. The normalized spacial score (nSPS) is 22.0. The van der Waals surface area contributed by atoms with Gasteiger partial charge in [0.05, 0.1) is 5.57 Å². The lowest BCUT2D eigenvalue weighted by molar-refractivity contribution is -0.120. The van der Waals surface area contributed by atoms with Crippen LogP contribution in [0.25, 0.3) is 0 Å². The zero-order valence-electron chi connectivity index (χ0n) is 15.5. The van der Waals surface area contributed by atoms with Crippen molar-refractivity contribution in [2.75, 3.05) is 11.9 Å². The van der Waals surface area contributed by atoms with Crippen LogP contribution in [-0.2, 0) is 14.9 Å². The second kappa shape index (κ2) is 5.81. The van der Waals surface area contributed by atoms with E-state index in [0.717, 1.165) is 0 Å². The number of fused-ring (bicyclic) bond motifs is 4. The minimum atomic E-state index is -1.92. The first-order chi connectivity index (χ1) is 14.3. The number of amides is 1. The Hall–Kier alpha value is -3.89. The fraction of sp³-hybridized carbons (Fsp3) is 0.0909. The van der Waals surface area contributed by atoms with Crippen LogP contribution >= 0.6 is 11.6 Å². The molecule has 5 rings (SSSR count). The molecule has 1 spiro atoms. The minimum absolute atomic E-state index is 0.132. The average Bonchev–Trinajstić information content (AvgIpc) is 2.94. The molecule has 8 heteroatoms. The van der Waals surface area contributed by atoms with Crippen LogP contribution in [0.2, 0.25) is 5.02 Å². The van der Waals surface area contributed by atoms with Crippen molar-refractivity contribution in [2.45, 2.75) is 5.41 Å². The molecule has 2 aromatic carbocycles. The Kier molecular flexibility index (Phi) is 3.52. The third-order valence-electron chi connectivity index (χ3n) is 5.75. The smallest absolute Gasteiger partial charge is 0.247 e. The predicted molar refractivity (Wildman–Crippen MR) is 107 cm³/mol. The molecule has 0 saturated carbocycles. The standard InChI is InChI=1S/C22H12ClN3O4/c1-26-15-7-6-10(23)8-13(15)22(21(26)29)14(9-24)20(25)30-19-16(22)17(27)11-4-2-3-5-12(11)18(19)28/h2-8H,25H2,1H3/t22-/m1/s1. The number of nitrogens with two attached hydrogens (primary N) is 1. The molecule has 146 valence electrons. The number of ether oxygens (including phenoxy) is 1. The molecule has 0 fully saturated rings. The van der Waals surface area contributed by atoms with Crippen LogP contribution in [0.4, 0.5) is 5.69 Å². The quantitative estimate of drug-likeness (QED) is 0.704. The Morgan fingerprint density at radius 1 is 1.10 bits per heavy atom. The first-order valence-corrected chi connectivity index (χ1v) is 9.31. The van der Waals surface area contributed by atoms with Gasteiger partial charge in [-0.1, -0.05) is 35.9 Å². The van der Waals surface area contributed by atoms with Gasteiger partial charge in [-0.15, -0.1) is 0 Å². The maximum Gasteiger partial charge on any atom is 0.247 e. The van der Waals surface area contributed by atoms with Crippen LogP contribution in [-0.4, -0.2) is 24.5 Å². The van der Waals surface area contributed by atoms with Crippen molar-refractivity contribution < 1.29 is 19.1 Å². The van der Waals surface area contributed by atoms with E-state index in [0.29, 0.717) is 16.3 Å². The van der Waals surface area contributed by atoms with Gasteiger partial charge in [0.2, 0.25) is 17.6 Å². The molecule has 7 nitrogen and oxygen atoms in total. The molecule has 0 unspecified atom stereocenters. The van der Waals surface area contributed by atoms with Gasteiger partial charge in [-0.25, -0.2) is 0 Å². The fourth-order valence-corrected chi connectivity index (χ4v) is 4.63. The van der Waals surface area contributed by atoms with Crippen molar-refractivity contribution in [3.8, 4) is 6.07 Å². The van der Waals surface area contributed by atoms with Gasteiger partial charge in [0.15, 0.2) is 11.5 Å². The second-order valence-corrected chi connectivity index (χ2v) is 7.57. The number of benzene rings is 2. The van der Waals surface area contributed by atoms with Crippen LogP contribution < -0.4 is 10.6 Å². The number of allylic oxidation sites excluding steroid dienone is 1. The molecule has 30 heavy (non-hydrogen) atoms. The molecule has 1 amide bonds. The maximum absolute atomic E-state index is 13.7. The van der Waals surface area contributed by atoms with Gasteiger partial charge < -0.3 is 15.4 Å². The minimum Gasteiger partial charge on any atom is -0.436 e. The molecule has 2 N–H and O–H groups in total. The molecule has 2 aromatic rings. The molecule has 0 aromatic heterocycles. The highest BCUT2D eigenvalue weighted by Gasteiger charge is 2.63. The first kappa shape index (κ1) is 18.2. The van der Waals surface area contributed by atoms with E-state index in [9.17, 15) is 19.6 Å². The summed E-state index contributed by atoms with van der Waals surface area (Å²) in [6.45, 7) is 0. The number of carbonyl (C=O) groups is 3. The van der Waals surface area contributed by atoms with Crippen LogP contribution in [0, 0.1) is 11.3 Å². The van der Waals surface area contributed by atoms with Crippen molar-refractivity contribution in [1.29, 1.82) is 5.26 Å². The van der Waals surface area contributed by atoms with E-state index in [1.165, 1.54) is 30.1 Å². The molecular weight excluding hydrogens is 406 g/mol. The van der Waals surface area contributed by atoms with Crippen molar-refractivity contribution in [3.05, 3.63) is 87.0 Å². The zero-order chi connectivity index (χ0) is 21.4. The Bertz CT molecular complexity index is 1330. The summed E-state index contributed by atoms with van der Waals surface area (Å²) >= 11 is 6.21. The Morgan fingerprint density at radius 3 is 2.43 bits per heavy atom. The van der Waals surface area contributed by atoms with E-state index in [-0.39, 0.29) is 28.0 Å². The summed E-state index contributed by atoms with van der Waals surface area (Å²) in [6.07, 6.45) is 0. The summed E-state index contributed by atoms with van der Waals surface area (Å²) < 4.78 is 5.49. The van der Waals surface area contributed by atoms with Gasteiger partial charge in [0.1, 0.15) is 17.1 Å². The molecule has 2 aliphatic heterocycles. The number of hydrogen-bond acceptors (Lipinski definition) is 6. The van der Waals surface area contributed by atoms with Gasteiger partial charge in [0, 0.05) is 34.4 Å². The van der Waals surface area contributed by atoms with Gasteiger partial charge in [-0.05, 0) is 18.2 Å². The van der Waals surface area contributed by atoms with Gasteiger partial charge in [-0.3, -0.25) is 14.4 Å². The van der Waals surface area contributed by atoms with Gasteiger partial charge in [0.25, 0.3) is 0 Å². The number of likely N-dealkylation sites (N-methyl/N-ethyl adjacent to an activating group) is 1. The summed E-state index contributed by atoms with van der Waals surface area (Å²) in [5.41, 5.74) is 4.68. The molecule has 0 radical (unpaired) electrons. The Morgan fingerprint density at radius 2 is 1.77 bits per heavy atom. The van der Waals surface area contributed by atoms with Gasteiger partial charge in [-0.2, -0.15) is 5.26 Å². The number of carbonyl (C=O) groups excluding carboxylic acids is 3. The number of nitriles is 1. The van der Waals surface area contributed by atoms with Gasteiger partial charge >= 0.3 is 0 Å². The highest BCUT2D eigenvalue weighted by Crippen LogP contribution is 2.55. The summed E-state index contributed by atoms with van der Waals surface area (Å²) in [7, 11) is 1.52. The molecule has 3 aliphatic rings. The molecule has 1 atom stereocenters. The second-order valence-electron chi connectivity index (χ2n) is 7.14. The monoisotopic (exact) mass is 417 g/mol. The summed E-state index contributed by atoms with van der Waals surface area (Å²) in [5, 5.41) is 10.2. The van der Waals surface area contributed by atoms with Crippen LogP contribution in [0.15, 0.2) is 65.3 Å². The third-order valence-corrected chi connectivity index (χ3v) is 5.98. The lowest BCUT2D eigenvalue weighted by atomic mass is 9.64. The van der Waals surface area contributed by atoms with E-state index < -0.39 is 28.8 Å². The van der Waals surface area contributed by atoms with Crippen molar-refractivity contribution in [2.24, 2.45) is 5.73 Å². The summed E-state index contributed by atoms with van der Waals surface area (Å²) in [6, 6.07) is 12.9. The number of nitrogens with zero attached hydrogens (tertiary/aromatic N) is 2. The van der Waals surface area contributed by atoms with Crippen LogP contribution in [0.1, 0.15) is 26.3 Å². The lowest BCUT2D eigenvalue weighted by Gasteiger charge is -2.37.